The predicted molar refractivity (Wildman–Crippen MR) is 106 cm³/mol. The van der Waals surface area contributed by atoms with Crippen LogP contribution in [0.2, 0.25) is 0 Å². The maximum Gasteiger partial charge on any atom is 0.196 e. The predicted octanol–water partition coefficient (Wildman–Crippen LogP) is 7.04. The lowest BCUT2D eigenvalue weighted by atomic mass is 9.84. The van der Waals surface area contributed by atoms with Crippen molar-refractivity contribution in [3.8, 4) is 0 Å². The van der Waals surface area contributed by atoms with Crippen molar-refractivity contribution in [2.24, 2.45) is 0 Å². The van der Waals surface area contributed by atoms with E-state index >= 15 is 0 Å². The van der Waals surface area contributed by atoms with Gasteiger partial charge in [0.1, 0.15) is 0 Å². The highest BCUT2D eigenvalue weighted by Crippen LogP contribution is 2.47. The standard InChI is InChI=1S/C14H2Br6O2/c15-4-2-1-3-5(8(4)16)14(22)7-6(13(3)21)9(17)11(19)12(20)10(7)18/h1-2H. The summed E-state index contributed by atoms with van der Waals surface area (Å²) >= 11 is 20.4. The van der Waals surface area contributed by atoms with Gasteiger partial charge in [-0.2, -0.15) is 0 Å². The lowest BCUT2D eigenvalue weighted by molar-refractivity contribution is 0.0977. The van der Waals surface area contributed by atoms with Crippen LogP contribution in [-0.2, 0) is 0 Å². The topological polar surface area (TPSA) is 34.1 Å². The summed E-state index contributed by atoms with van der Waals surface area (Å²) in [4.78, 5) is 25.9. The van der Waals surface area contributed by atoms with Crippen molar-refractivity contribution in [1.82, 2.24) is 0 Å². The zero-order valence-corrected chi connectivity index (χ0v) is 19.8. The van der Waals surface area contributed by atoms with Crippen molar-refractivity contribution >= 4 is 107 Å². The Morgan fingerprint density at radius 1 is 0.545 bits per heavy atom. The van der Waals surface area contributed by atoms with Crippen LogP contribution in [0.5, 0.6) is 0 Å². The number of rotatable bonds is 0. The molecule has 0 heterocycles. The fraction of sp³-hybridized carbons (Fsp3) is 0. The van der Waals surface area contributed by atoms with Gasteiger partial charge in [-0.3, -0.25) is 9.59 Å². The summed E-state index contributed by atoms with van der Waals surface area (Å²) < 4.78 is 3.76. The minimum absolute atomic E-state index is 0.196. The normalized spacial score (nSPS) is 13.2. The molecule has 0 N–H and O–H groups in total. The molecule has 0 atom stereocenters. The van der Waals surface area contributed by atoms with E-state index in [1.165, 1.54) is 0 Å². The van der Waals surface area contributed by atoms with E-state index in [1.807, 2.05) is 0 Å². The van der Waals surface area contributed by atoms with Gasteiger partial charge in [0.25, 0.3) is 0 Å². The van der Waals surface area contributed by atoms with Crippen LogP contribution < -0.4 is 0 Å². The third-order valence-corrected chi connectivity index (χ3v) is 10.1. The third kappa shape index (κ3) is 2.40. The van der Waals surface area contributed by atoms with Gasteiger partial charge in [-0.1, -0.05) is 0 Å². The molecule has 112 valence electrons. The van der Waals surface area contributed by atoms with Crippen LogP contribution in [0.25, 0.3) is 0 Å². The molecule has 1 aliphatic rings. The van der Waals surface area contributed by atoms with Gasteiger partial charge in [-0.15, -0.1) is 0 Å². The molecule has 0 bridgehead atoms. The number of carbonyl (C=O) groups excluding carboxylic acids is 2. The average Bonchev–Trinajstić information content (AvgIpc) is 2.49. The van der Waals surface area contributed by atoms with Gasteiger partial charge in [-0.05, 0) is 108 Å². The molecule has 0 fully saturated rings. The number of ketones is 2. The van der Waals surface area contributed by atoms with E-state index in [0.717, 1.165) is 4.47 Å². The zero-order chi connectivity index (χ0) is 16.3. The van der Waals surface area contributed by atoms with Crippen LogP contribution in [0.15, 0.2) is 39.0 Å². The third-order valence-electron chi connectivity index (χ3n) is 3.29. The molecule has 0 radical (unpaired) electrons. The molecular weight excluding hydrogens is 680 g/mol. The lowest BCUT2D eigenvalue weighted by Crippen LogP contribution is -2.23. The first-order chi connectivity index (χ1) is 10.3. The fourth-order valence-electron chi connectivity index (χ4n) is 2.28. The first kappa shape index (κ1) is 17.5. The average molecular weight is 682 g/mol. The molecule has 0 saturated heterocycles. The SMILES string of the molecule is O=C1c2ccc(Br)c(Br)c2C(=O)c2c(Br)c(Br)c(Br)c(Br)c21. The van der Waals surface area contributed by atoms with Crippen molar-refractivity contribution < 1.29 is 9.59 Å². The van der Waals surface area contributed by atoms with Gasteiger partial charge in [0.15, 0.2) is 11.6 Å². The van der Waals surface area contributed by atoms with Crippen molar-refractivity contribution in [1.29, 1.82) is 0 Å². The van der Waals surface area contributed by atoms with E-state index in [1.54, 1.807) is 12.1 Å². The highest BCUT2D eigenvalue weighted by Gasteiger charge is 2.37. The Bertz CT molecular complexity index is 888. The van der Waals surface area contributed by atoms with Crippen LogP contribution in [0, 0.1) is 0 Å². The van der Waals surface area contributed by atoms with Gasteiger partial charge in [0.2, 0.25) is 0 Å². The second kappa shape index (κ2) is 6.19. The highest BCUT2D eigenvalue weighted by atomic mass is 79.9. The van der Waals surface area contributed by atoms with Crippen LogP contribution in [0.1, 0.15) is 31.8 Å². The minimum Gasteiger partial charge on any atom is -0.289 e. The number of hydrogen-bond acceptors (Lipinski definition) is 2. The summed E-state index contributed by atoms with van der Waals surface area (Å²) in [6, 6.07) is 3.40. The molecule has 0 unspecified atom stereocenters. The van der Waals surface area contributed by atoms with Gasteiger partial charge in [-0.25, -0.2) is 0 Å². The summed E-state index contributed by atoms with van der Waals surface area (Å²) in [5.41, 5.74) is 1.45. The summed E-state index contributed by atoms with van der Waals surface area (Å²) in [7, 11) is 0. The van der Waals surface area contributed by atoms with E-state index < -0.39 is 0 Å². The van der Waals surface area contributed by atoms with Gasteiger partial charge >= 0.3 is 0 Å². The van der Waals surface area contributed by atoms with E-state index in [0.29, 0.717) is 44.6 Å². The number of hydrogen-bond donors (Lipinski definition) is 0. The van der Waals surface area contributed by atoms with Crippen molar-refractivity contribution in [2.45, 2.75) is 0 Å². The van der Waals surface area contributed by atoms with Crippen molar-refractivity contribution in [2.75, 3.05) is 0 Å². The molecule has 8 heteroatoms. The first-order valence-electron chi connectivity index (χ1n) is 5.70. The monoisotopic (exact) mass is 676 g/mol. The molecule has 0 amide bonds. The van der Waals surface area contributed by atoms with E-state index in [-0.39, 0.29) is 11.6 Å². The first-order valence-corrected chi connectivity index (χ1v) is 10.5. The van der Waals surface area contributed by atoms with E-state index in [9.17, 15) is 9.59 Å². The summed E-state index contributed by atoms with van der Waals surface area (Å²) in [5, 5.41) is 0. The maximum absolute atomic E-state index is 13.0. The van der Waals surface area contributed by atoms with Crippen LogP contribution in [0.4, 0.5) is 0 Å². The van der Waals surface area contributed by atoms with Crippen molar-refractivity contribution in [3.05, 3.63) is 61.2 Å². The molecule has 0 saturated carbocycles. The molecule has 22 heavy (non-hydrogen) atoms. The number of carbonyl (C=O) groups is 2. The number of halogens is 6. The smallest absolute Gasteiger partial charge is 0.196 e. The Kier molecular flexibility index (Phi) is 4.92. The van der Waals surface area contributed by atoms with Crippen LogP contribution in [0.3, 0.4) is 0 Å². The fourth-order valence-corrected chi connectivity index (χ4v) is 5.61. The van der Waals surface area contributed by atoms with Crippen LogP contribution >= 0.6 is 95.6 Å². The zero-order valence-electron chi connectivity index (χ0n) is 10.2. The minimum atomic E-state index is -0.210. The molecule has 2 aromatic carbocycles. The Balaban J connectivity index is 2.47. The van der Waals surface area contributed by atoms with Gasteiger partial charge < -0.3 is 0 Å². The van der Waals surface area contributed by atoms with Gasteiger partial charge in [0.05, 0.1) is 11.1 Å². The Hall–Kier alpha value is 0.660. The molecule has 2 aromatic rings. The molecule has 3 rings (SSSR count). The molecule has 2 nitrogen and oxygen atoms in total. The van der Waals surface area contributed by atoms with E-state index in [2.05, 4.69) is 95.6 Å². The molecule has 0 aromatic heterocycles. The van der Waals surface area contributed by atoms with Crippen molar-refractivity contribution in [3.63, 3.8) is 0 Å². The highest BCUT2D eigenvalue weighted by molar-refractivity contribution is 9.15. The molecular formula is C14H2Br6O2. The molecule has 0 aliphatic heterocycles. The summed E-state index contributed by atoms with van der Waals surface area (Å²) in [5.74, 6) is -0.405. The largest absolute Gasteiger partial charge is 0.289 e. The lowest BCUT2D eigenvalue weighted by Gasteiger charge is -2.23. The summed E-state index contributed by atoms with van der Waals surface area (Å²) in [6.45, 7) is 0. The summed E-state index contributed by atoms with van der Waals surface area (Å²) in [6.07, 6.45) is 0. The van der Waals surface area contributed by atoms with Crippen LogP contribution in [-0.4, -0.2) is 11.6 Å². The Morgan fingerprint density at radius 2 is 1.05 bits per heavy atom. The Labute approximate surface area is 176 Å². The second-order valence-electron chi connectivity index (χ2n) is 4.45. The molecule has 0 spiro atoms. The quantitative estimate of drug-likeness (QED) is 0.189. The number of benzene rings is 2. The number of fused-ring (bicyclic) bond motifs is 2. The van der Waals surface area contributed by atoms with E-state index in [4.69, 9.17) is 0 Å². The Morgan fingerprint density at radius 3 is 1.59 bits per heavy atom. The maximum atomic E-state index is 13.0. The molecule has 1 aliphatic carbocycles. The second-order valence-corrected chi connectivity index (χ2v) is 9.27. The van der Waals surface area contributed by atoms with Gasteiger partial charge in [0, 0.05) is 38.0 Å².